The van der Waals surface area contributed by atoms with Crippen molar-refractivity contribution in [3.63, 3.8) is 0 Å². The van der Waals surface area contributed by atoms with Gasteiger partial charge < -0.3 is 10.4 Å². The van der Waals surface area contributed by atoms with Gasteiger partial charge in [-0.15, -0.1) is 0 Å². The quantitative estimate of drug-likeness (QED) is 0.876. The number of aromatic nitrogens is 1. The molecule has 0 amide bonds. The Bertz CT molecular complexity index is 529. The fourth-order valence-corrected chi connectivity index (χ4v) is 1.73. The molecule has 0 radical (unpaired) electrons. The van der Waals surface area contributed by atoms with Gasteiger partial charge in [-0.25, -0.2) is 0 Å². The van der Waals surface area contributed by atoms with Crippen LogP contribution in [0.15, 0.2) is 36.7 Å². The van der Waals surface area contributed by atoms with E-state index < -0.39 is 0 Å². The Morgan fingerprint density at radius 1 is 1.35 bits per heavy atom. The first-order valence-corrected chi connectivity index (χ1v) is 5.66. The van der Waals surface area contributed by atoms with Crippen molar-refractivity contribution in [2.75, 3.05) is 5.32 Å². The molecule has 0 bridgehead atoms. The molecular formula is C13H13ClN2O. The molecule has 0 saturated carbocycles. The Kier molecular flexibility index (Phi) is 3.49. The molecule has 0 aliphatic carbocycles. The molecule has 3 nitrogen and oxygen atoms in total. The fraction of sp³-hybridized carbons (Fsp3) is 0.154. The summed E-state index contributed by atoms with van der Waals surface area (Å²) in [5, 5.41) is 13.5. The molecule has 0 fully saturated rings. The maximum absolute atomic E-state index is 9.69. The van der Waals surface area contributed by atoms with Crippen LogP contribution in [0.1, 0.15) is 11.1 Å². The molecule has 88 valence electrons. The van der Waals surface area contributed by atoms with E-state index in [1.165, 1.54) is 0 Å². The molecular weight excluding hydrogens is 236 g/mol. The number of anilines is 1. The lowest BCUT2D eigenvalue weighted by Gasteiger charge is -2.09. The average molecular weight is 249 g/mol. The van der Waals surface area contributed by atoms with Gasteiger partial charge in [0.25, 0.3) is 0 Å². The van der Waals surface area contributed by atoms with Gasteiger partial charge in [0.1, 0.15) is 5.75 Å². The highest BCUT2D eigenvalue weighted by atomic mass is 35.5. The number of pyridine rings is 1. The molecule has 0 atom stereocenters. The predicted octanol–water partition coefficient (Wildman–Crippen LogP) is 3.36. The van der Waals surface area contributed by atoms with Crippen molar-refractivity contribution in [2.24, 2.45) is 0 Å². The number of phenols is 1. The first-order chi connectivity index (χ1) is 8.16. The number of hydrogen-bond acceptors (Lipinski definition) is 3. The molecule has 0 aliphatic heterocycles. The number of hydrogen-bond donors (Lipinski definition) is 2. The van der Waals surface area contributed by atoms with Crippen molar-refractivity contribution in [1.82, 2.24) is 4.98 Å². The van der Waals surface area contributed by atoms with Crippen LogP contribution in [0.25, 0.3) is 0 Å². The molecule has 2 rings (SSSR count). The Balaban J connectivity index is 2.12. The number of phenolic OH excluding ortho intramolecular Hbond substituents is 1. The Hall–Kier alpha value is -1.74. The summed E-state index contributed by atoms with van der Waals surface area (Å²) in [5.41, 5.74) is 2.71. The molecule has 0 unspecified atom stereocenters. The van der Waals surface area contributed by atoms with Gasteiger partial charge in [-0.3, -0.25) is 4.98 Å². The second-order valence-electron chi connectivity index (χ2n) is 3.84. The summed E-state index contributed by atoms with van der Waals surface area (Å²) in [6, 6.07) is 7.22. The Morgan fingerprint density at radius 2 is 2.18 bits per heavy atom. The Labute approximate surface area is 105 Å². The molecule has 1 aromatic heterocycles. The standard InChI is InChI=1S/C13H13ClN2O/c1-9-2-3-13(17)10(6-9)7-16-12-8-15-5-4-11(12)14/h2-6,8,16-17H,7H2,1H3. The first kappa shape index (κ1) is 11.7. The van der Waals surface area contributed by atoms with Gasteiger partial charge in [0.2, 0.25) is 0 Å². The van der Waals surface area contributed by atoms with Crippen LogP contribution in [0.2, 0.25) is 5.02 Å². The zero-order valence-corrected chi connectivity index (χ0v) is 10.2. The van der Waals surface area contributed by atoms with Gasteiger partial charge in [0, 0.05) is 18.3 Å². The molecule has 2 N–H and O–H groups in total. The van der Waals surface area contributed by atoms with Gasteiger partial charge >= 0.3 is 0 Å². The second kappa shape index (κ2) is 5.06. The third-order valence-electron chi connectivity index (χ3n) is 2.47. The summed E-state index contributed by atoms with van der Waals surface area (Å²) < 4.78 is 0. The van der Waals surface area contributed by atoms with Crippen LogP contribution in [0.3, 0.4) is 0 Å². The van der Waals surface area contributed by atoms with Gasteiger partial charge in [0.05, 0.1) is 16.9 Å². The number of benzene rings is 1. The van der Waals surface area contributed by atoms with Crippen LogP contribution < -0.4 is 5.32 Å². The maximum atomic E-state index is 9.69. The lowest BCUT2D eigenvalue weighted by atomic mass is 10.1. The minimum Gasteiger partial charge on any atom is -0.508 e. The number of nitrogens with one attached hydrogen (secondary N) is 1. The van der Waals surface area contributed by atoms with Gasteiger partial charge in [-0.1, -0.05) is 29.3 Å². The molecule has 4 heteroatoms. The van der Waals surface area contributed by atoms with Crippen molar-refractivity contribution in [2.45, 2.75) is 13.5 Å². The van der Waals surface area contributed by atoms with Crippen LogP contribution in [0.4, 0.5) is 5.69 Å². The van der Waals surface area contributed by atoms with E-state index in [1.54, 1.807) is 24.5 Å². The fourth-order valence-electron chi connectivity index (χ4n) is 1.55. The van der Waals surface area contributed by atoms with Crippen LogP contribution in [-0.2, 0) is 6.54 Å². The maximum Gasteiger partial charge on any atom is 0.120 e. The summed E-state index contributed by atoms with van der Waals surface area (Å²) in [5.74, 6) is 0.281. The highest BCUT2D eigenvalue weighted by molar-refractivity contribution is 6.33. The summed E-state index contributed by atoms with van der Waals surface area (Å²) in [7, 11) is 0. The van der Waals surface area contributed by atoms with Crippen LogP contribution in [0, 0.1) is 6.92 Å². The zero-order chi connectivity index (χ0) is 12.3. The van der Waals surface area contributed by atoms with Crippen LogP contribution in [0.5, 0.6) is 5.75 Å². The summed E-state index contributed by atoms with van der Waals surface area (Å²) >= 11 is 6.00. The number of rotatable bonds is 3. The van der Waals surface area contributed by atoms with E-state index in [9.17, 15) is 5.11 Å². The van der Waals surface area contributed by atoms with Crippen LogP contribution >= 0.6 is 11.6 Å². The van der Waals surface area contributed by atoms with Gasteiger partial charge in [0.15, 0.2) is 0 Å². The largest absolute Gasteiger partial charge is 0.508 e. The van der Waals surface area contributed by atoms with E-state index in [0.29, 0.717) is 11.6 Å². The van der Waals surface area contributed by atoms with E-state index in [0.717, 1.165) is 16.8 Å². The predicted molar refractivity (Wildman–Crippen MR) is 69.4 cm³/mol. The summed E-state index contributed by atoms with van der Waals surface area (Å²) in [6.45, 7) is 2.50. The summed E-state index contributed by atoms with van der Waals surface area (Å²) in [6.07, 6.45) is 3.30. The molecule has 1 heterocycles. The first-order valence-electron chi connectivity index (χ1n) is 5.28. The highest BCUT2D eigenvalue weighted by Crippen LogP contribution is 2.23. The number of aryl methyl sites for hydroxylation is 1. The number of halogens is 1. The minimum absolute atomic E-state index is 0.281. The third-order valence-corrected chi connectivity index (χ3v) is 2.80. The van der Waals surface area contributed by atoms with Gasteiger partial charge in [-0.05, 0) is 19.1 Å². The van der Waals surface area contributed by atoms with Crippen LogP contribution in [-0.4, -0.2) is 10.1 Å². The van der Waals surface area contributed by atoms with Crippen molar-refractivity contribution in [3.05, 3.63) is 52.8 Å². The van der Waals surface area contributed by atoms with Crippen molar-refractivity contribution >= 4 is 17.3 Å². The second-order valence-corrected chi connectivity index (χ2v) is 4.25. The molecule has 2 aromatic rings. The molecule has 0 spiro atoms. The van der Waals surface area contributed by atoms with E-state index in [1.807, 2.05) is 19.1 Å². The van der Waals surface area contributed by atoms with E-state index in [4.69, 9.17) is 11.6 Å². The normalized spacial score (nSPS) is 10.2. The van der Waals surface area contributed by atoms with E-state index >= 15 is 0 Å². The highest BCUT2D eigenvalue weighted by Gasteiger charge is 2.03. The molecule has 0 saturated heterocycles. The van der Waals surface area contributed by atoms with Gasteiger partial charge in [-0.2, -0.15) is 0 Å². The topological polar surface area (TPSA) is 45.1 Å². The monoisotopic (exact) mass is 248 g/mol. The number of nitrogens with zero attached hydrogens (tertiary/aromatic N) is 1. The summed E-state index contributed by atoms with van der Waals surface area (Å²) in [4.78, 5) is 3.99. The lowest BCUT2D eigenvalue weighted by Crippen LogP contribution is -2.01. The zero-order valence-electron chi connectivity index (χ0n) is 9.44. The minimum atomic E-state index is 0.281. The average Bonchev–Trinajstić information content (AvgIpc) is 2.32. The number of aromatic hydroxyl groups is 1. The lowest BCUT2D eigenvalue weighted by molar-refractivity contribution is 0.469. The molecule has 17 heavy (non-hydrogen) atoms. The van der Waals surface area contributed by atoms with Crippen molar-refractivity contribution in [1.29, 1.82) is 0 Å². The smallest absolute Gasteiger partial charge is 0.120 e. The van der Waals surface area contributed by atoms with Crippen molar-refractivity contribution in [3.8, 4) is 5.75 Å². The van der Waals surface area contributed by atoms with Crippen molar-refractivity contribution < 1.29 is 5.11 Å². The SMILES string of the molecule is Cc1ccc(O)c(CNc2cnccc2Cl)c1. The Morgan fingerprint density at radius 3 is 2.94 bits per heavy atom. The van der Waals surface area contributed by atoms with E-state index in [2.05, 4.69) is 10.3 Å². The molecule has 0 aliphatic rings. The molecule has 1 aromatic carbocycles. The van der Waals surface area contributed by atoms with E-state index in [-0.39, 0.29) is 5.75 Å². The third kappa shape index (κ3) is 2.88.